The Kier molecular flexibility index (Phi) is 6.21. The zero-order valence-electron chi connectivity index (χ0n) is 15.4. The second kappa shape index (κ2) is 7.85. The third-order valence-corrected chi connectivity index (χ3v) is 5.65. The van der Waals surface area contributed by atoms with Gasteiger partial charge in [-0.2, -0.15) is 0 Å². The lowest BCUT2D eigenvalue weighted by Crippen LogP contribution is -2.37. The van der Waals surface area contributed by atoms with Crippen LogP contribution in [-0.2, 0) is 20.0 Å². The van der Waals surface area contributed by atoms with Crippen molar-refractivity contribution in [2.24, 2.45) is 5.73 Å². The Morgan fingerprint density at radius 1 is 1.27 bits per heavy atom. The van der Waals surface area contributed by atoms with E-state index in [1.54, 1.807) is 0 Å². The second-order valence-electron chi connectivity index (χ2n) is 7.38. The van der Waals surface area contributed by atoms with Gasteiger partial charge in [0.1, 0.15) is 9.84 Å². The summed E-state index contributed by atoms with van der Waals surface area (Å²) in [5.74, 6) is -0.553. The first-order valence-corrected chi connectivity index (χ1v) is 11.2. The summed E-state index contributed by atoms with van der Waals surface area (Å²) in [7, 11) is -3.14. The number of hydrogen-bond acceptors (Lipinski definition) is 6. The fourth-order valence-corrected chi connectivity index (χ4v) is 3.68. The molecular formula is C18H25N3O3S2. The molecule has 1 amide bonds. The molecule has 2 rings (SSSR count). The summed E-state index contributed by atoms with van der Waals surface area (Å²) in [6.07, 6.45) is 1.20. The van der Waals surface area contributed by atoms with Gasteiger partial charge >= 0.3 is 0 Å². The Hall–Kier alpha value is -1.77. The van der Waals surface area contributed by atoms with Gasteiger partial charge in [-0.1, -0.05) is 45.0 Å². The molecule has 1 heterocycles. The number of carbonyl (C=O) groups excluding carboxylic acids is 1. The van der Waals surface area contributed by atoms with Gasteiger partial charge in [-0.15, -0.1) is 11.3 Å². The van der Waals surface area contributed by atoms with Crippen LogP contribution in [0.4, 0.5) is 5.13 Å². The third-order valence-electron chi connectivity index (χ3n) is 3.92. The second-order valence-corrected chi connectivity index (χ2v) is 10.5. The van der Waals surface area contributed by atoms with E-state index in [1.807, 2.05) is 17.5 Å². The van der Waals surface area contributed by atoms with Crippen molar-refractivity contribution in [2.45, 2.75) is 38.6 Å². The number of amides is 1. The highest BCUT2D eigenvalue weighted by Gasteiger charge is 2.18. The lowest BCUT2D eigenvalue weighted by atomic mass is 9.86. The number of nitrogens with two attached hydrogens (primary N) is 1. The number of sulfone groups is 1. The van der Waals surface area contributed by atoms with Crippen LogP contribution < -0.4 is 11.1 Å². The Labute approximate surface area is 158 Å². The van der Waals surface area contributed by atoms with Gasteiger partial charge in [0.05, 0.1) is 17.5 Å². The molecule has 0 aliphatic rings. The van der Waals surface area contributed by atoms with Crippen molar-refractivity contribution in [3.8, 4) is 11.3 Å². The van der Waals surface area contributed by atoms with Gasteiger partial charge in [0.15, 0.2) is 5.13 Å². The molecule has 26 heavy (non-hydrogen) atoms. The van der Waals surface area contributed by atoms with Gasteiger partial charge in [-0.3, -0.25) is 4.79 Å². The van der Waals surface area contributed by atoms with Crippen LogP contribution in [0.2, 0.25) is 0 Å². The maximum absolute atomic E-state index is 12.1. The minimum Gasteiger partial charge on any atom is -0.320 e. The number of anilines is 1. The van der Waals surface area contributed by atoms with Gasteiger partial charge in [0, 0.05) is 17.2 Å². The Morgan fingerprint density at radius 3 is 2.42 bits per heavy atom. The molecule has 8 heteroatoms. The number of nitrogens with zero attached hydrogens (tertiary/aromatic N) is 1. The predicted molar refractivity (Wildman–Crippen MR) is 107 cm³/mol. The largest absolute Gasteiger partial charge is 0.320 e. The number of aromatic nitrogens is 1. The summed E-state index contributed by atoms with van der Waals surface area (Å²) >= 11 is 1.31. The van der Waals surface area contributed by atoms with E-state index < -0.39 is 21.8 Å². The normalized spacial score (nSPS) is 13.4. The van der Waals surface area contributed by atoms with Crippen LogP contribution in [-0.4, -0.2) is 37.4 Å². The van der Waals surface area contributed by atoms with E-state index in [0.717, 1.165) is 17.5 Å². The van der Waals surface area contributed by atoms with Crippen LogP contribution in [0.15, 0.2) is 29.6 Å². The molecule has 142 valence electrons. The van der Waals surface area contributed by atoms with E-state index in [9.17, 15) is 13.2 Å². The molecule has 0 saturated carbocycles. The fraction of sp³-hybridized carbons (Fsp3) is 0.444. The van der Waals surface area contributed by atoms with Crippen LogP contribution in [0.25, 0.3) is 11.3 Å². The highest BCUT2D eigenvalue weighted by molar-refractivity contribution is 7.90. The summed E-state index contributed by atoms with van der Waals surface area (Å²) in [5.41, 5.74) is 8.81. The third kappa shape index (κ3) is 5.89. The van der Waals surface area contributed by atoms with Crippen molar-refractivity contribution in [1.29, 1.82) is 0 Å². The minimum absolute atomic E-state index is 0.0805. The SMILES string of the molecule is CC(C)(C)c1ccc(-c2csc(NC(=O)C(N)CCS(C)(=O)=O)n2)cc1. The topological polar surface area (TPSA) is 102 Å². The molecule has 0 fully saturated rings. The molecule has 1 aromatic heterocycles. The summed E-state index contributed by atoms with van der Waals surface area (Å²) in [6.45, 7) is 6.47. The molecule has 0 bridgehead atoms. The number of hydrogen-bond donors (Lipinski definition) is 2. The molecule has 0 saturated heterocycles. The van der Waals surface area contributed by atoms with Crippen LogP contribution in [0, 0.1) is 0 Å². The molecule has 1 unspecified atom stereocenters. The molecule has 0 radical (unpaired) electrons. The highest BCUT2D eigenvalue weighted by Crippen LogP contribution is 2.28. The van der Waals surface area contributed by atoms with Crippen molar-refractivity contribution < 1.29 is 13.2 Å². The molecule has 2 aromatic rings. The van der Waals surface area contributed by atoms with Crippen LogP contribution in [0.1, 0.15) is 32.8 Å². The first-order valence-electron chi connectivity index (χ1n) is 8.26. The Balaban J connectivity index is 2.02. The van der Waals surface area contributed by atoms with Gasteiger partial charge in [0.2, 0.25) is 5.91 Å². The van der Waals surface area contributed by atoms with Crippen LogP contribution in [0.3, 0.4) is 0 Å². The number of nitrogens with one attached hydrogen (secondary N) is 1. The molecule has 1 aromatic carbocycles. The summed E-state index contributed by atoms with van der Waals surface area (Å²) < 4.78 is 22.3. The van der Waals surface area contributed by atoms with Gasteiger partial charge in [-0.05, 0) is 17.4 Å². The van der Waals surface area contributed by atoms with Crippen molar-refractivity contribution >= 4 is 32.2 Å². The number of benzene rings is 1. The number of rotatable bonds is 6. The van der Waals surface area contributed by atoms with E-state index in [2.05, 4.69) is 43.2 Å². The molecular weight excluding hydrogens is 370 g/mol. The lowest BCUT2D eigenvalue weighted by molar-refractivity contribution is -0.117. The van der Waals surface area contributed by atoms with Gasteiger partial charge < -0.3 is 11.1 Å². The lowest BCUT2D eigenvalue weighted by Gasteiger charge is -2.18. The molecule has 0 aliphatic heterocycles. The summed E-state index contributed by atoms with van der Waals surface area (Å²) in [4.78, 5) is 16.5. The number of thiazole rings is 1. The van der Waals surface area contributed by atoms with E-state index >= 15 is 0 Å². The van der Waals surface area contributed by atoms with Crippen LogP contribution >= 0.6 is 11.3 Å². The predicted octanol–water partition coefficient (Wildman–Crippen LogP) is 2.81. The molecule has 0 spiro atoms. The quantitative estimate of drug-likeness (QED) is 0.783. The zero-order chi connectivity index (χ0) is 19.5. The summed E-state index contributed by atoms with van der Waals surface area (Å²) in [6, 6.07) is 7.29. The van der Waals surface area contributed by atoms with E-state index in [0.29, 0.717) is 5.13 Å². The van der Waals surface area contributed by atoms with E-state index in [1.165, 1.54) is 16.9 Å². The maximum atomic E-state index is 12.1. The van der Waals surface area contributed by atoms with Gasteiger partial charge in [0.25, 0.3) is 0 Å². The van der Waals surface area contributed by atoms with Crippen molar-refractivity contribution in [2.75, 3.05) is 17.3 Å². The smallest absolute Gasteiger partial charge is 0.243 e. The standard InChI is InChI=1S/C18H25N3O3S2/c1-18(2,3)13-7-5-12(6-8-13)15-11-25-17(20-15)21-16(22)14(19)9-10-26(4,23)24/h5-8,11,14H,9-10,19H2,1-4H3,(H,20,21,22). The monoisotopic (exact) mass is 395 g/mol. The molecule has 6 nitrogen and oxygen atoms in total. The molecule has 1 atom stereocenters. The van der Waals surface area contributed by atoms with E-state index in [-0.39, 0.29) is 17.6 Å². The van der Waals surface area contributed by atoms with Crippen molar-refractivity contribution in [1.82, 2.24) is 4.98 Å². The fourth-order valence-electron chi connectivity index (χ4n) is 2.27. The zero-order valence-corrected chi connectivity index (χ0v) is 17.1. The number of carbonyl (C=O) groups is 1. The van der Waals surface area contributed by atoms with Gasteiger partial charge in [-0.25, -0.2) is 13.4 Å². The maximum Gasteiger partial charge on any atom is 0.243 e. The first kappa shape index (κ1) is 20.5. The average Bonchev–Trinajstić information content (AvgIpc) is 2.99. The van der Waals surface area contributed by atoms with Crippen molar-refractivity contribution in [3.05, 3.63) is 35.2 Å². The first-order chi connectivity index (χ1) is 12.0. The van der Waals surface area contributed by atoms with Crippen LogP contribution in [0.5, 0.6) is 0 Å². The molecule has 0 aliphatic carbocycles. The molecule has 3 N–H and O–H groups in total. The minimum atomic E-state index is -3.14. The summed E-state index contributed by atoms with van der Waals surface area (Å²) in [5, 5.41) is 4.96. The Morgan fingerprint density at radius 2 is 1.88 bits per heavy atom. The average molecular weight is 396 g/mol. The highest BCUT2D eigenvalue weighted by atomic mass is 32.2. The van der Waals surface area contributed by atoms with Crippen molar-refractivity contribution in [3.63, 3.8) is 0 Å². The van der Waals surface area contributed by atoms with E-state index in [4.69, 9.17) is 5.73 Å². The Bertz CT molecular complexity index is 866.